The predicted octanol–water partition coefficient (Wildman–Crippen LogP) is 1.84. The second kappa shape index (κ2) is 2.70. The van der Waals surface area contributed by atoms with Gasteiger partial charge in [0, 0.05) is 19.0 Å². The zero-order valence-corrected chi connectivity index (χ0v) is 6.73. The van der Waals surface area contributed by atoms with Crippen molar-refractivity contribution in [3.05, 3.63) is 24.5 Å². The Morgan fingerprint density at radius 2 is 2.09 bits per heavy atom. The lowest BCUT2D eigenvalue weighted by Gasteiger charge is -2.15. The lowest BCUT2D eigenvalue weighted by Crippen LogP contribution is -2.14. The van der Waals surface area contributed by atoms with Crippen LogP contribution in [-0.4, -0.2) is 17.3 Å². The average Bonchev–Trinajstić information content (AvgIpc) is 2.55. The van der Waals surface area contributed by atoms with E-state index in [1.807, 2.05) is 0 Å². The van der Waals surface area contributed by atoms with Crippen molar-refractivity contribution in [2.75, 3.05) is 6.61 Å². The molecular weight excluding hydrogens is 138 g/mol. The molecule has 60 valence electrons. The molecule has 0 spiro atoms. The summed E-state index contributed by atoms with van der Waals surface area (Å²) in [6.45, 7) is 3.04. The average molecular weight is 151 g/mol. The number of rotatable bonds is 1. The summed E-state index contributed by atoms with van der Waals surface area (Å²) in [5.41, 5.74) is 0. The molecule has 2 rings (SSSR count). The largest absolute Gasteiger partial charge is 0.376 e. The van der Waals surface area contributed by atoms with Crippen LogP contribution >= 0.6 is 0 Å². The van der Waals surface area contributed by atoms with Crippen molar-refractivity contribution in [2.45, 2.75) is 25.5 Å². The lowest BCUT2D eigenvalue weighted by atomic mass is 10.1. The zero-order valence-electron chi connectivity index (χ0n) is 6.73. The quantitative estimate of drug-likeness (QED) is 0.597. The van der Waals surface area contributed by atoms with Crippen LogP contribution in [0, 0.1) is 0 Å². The van der Waals surface area contributed by atoms with Gasteiger partial charge in [0.1, 0.15) is 0 Å². The van der Waals surface area contributed by atoms with Gasteiger partial charge in [0.25, 0.3) is 0 Å². The molecule has 0 radical (unpaired) electrons. The molecule has 2 unspecified atom stereocenters. The summed E-state index contributed by atoms with van der Waals surface area (Å²) < 4.78 is 7.70. The fourth-order valence-corrected chi connectivity index (χ4v) is 1.68. The lowest BCUT2D eigenvalue weighted by molar-refractivity contribution is 0.108. The molecule has 0 aromatic carbocycles. The van der Waals surface area contributed by atoms with Gasteiger partial charge in [0.05, 0.1) is 12.1 Å². The smallest absolute Gasteiger partial charge is 0.0754 e. The summed E-state index contributed by atoms with van der Waals surface area (Å²) in [7, 11) is 0. The number of nitrogens with zero attached hydrogens (tertiary/aromatic N) is 1. The highest BCUT2D eigenvalue weighted by Gasteiger charge is 2.24. The van der Waals surface area contributed by atoms with E-state index in [1.165, 1.54) is 0 Å². The topological polar surface area (TPSA) is 14.2 Å². The van der Waals surface area contributed by atoms with E-state index in [0.29, 0.717) is 12.1 Å². The highest BCUT2D eigenvalue weighted by molar-refractivity contribution is 4.95. The Morgan fingerprint density at radius 1 is 1.36 bits per heavy atom. The SMILES string of the molecule is CC1OCCC1n1cccc1. The first-order valence-electron chi connectivity index (χ1n) is 4.12. The number of hydrogen-bond acceptors (Lipinski definition) is 1. The van der Waals surface area contributed by atoms with E-state index in [1.54, 1.807) is 0 Å². The Morgan fingerprint density at radius 3 is 2.64 bits per heavy atom. The highest BCUT2D eigenvalue weighted by atomic mass is 16.5. The maximum absolute atomic E-state index is 5.47. The van der Waals surface area contributed by atoms with Gasteiger partial charge < -0.3 is 9.30 Å². The second-order valence-corrected chi connectivity index (χ2v) is 3.06. The molecule has 2 nitrogen and oxygen atoms in total. The molecule has 0 amide bonds. The zero-order chi connectivity index (χ0) is 7.68. The van der Waals surface area contributed by atoms with Crippen LogP contribution in [0.5, 0.6) is 0 Å². The van der Waals surface area contributed by atoms with Crippen molar-refractivity contribution in [1.29, 1.82) is 0 Å². The van der Waals surface area contributed by atoms with E-state index < -0.39 is 0 Å². The van der Waals surface area contributed by atoms with E-state index >= 15 is 0 Å². The number of ether oxygens (including phenoxy) is 1. The Labute approximate surface area is 66.8 Å². The first-order chi connectivity index (χ1) is 5.38. The highest BCUT2D eigenvalue weighted by Crippen LogP contribution is 2.25. The fourth-order valence-electron chi connectivity index (χ4n) is 1.68. The van der Waals surface area contributed by atoms with Gasteiger partial charge in [-0.2, -0.15) is 0 Å². The number of aromatic nitrogens is 1. The van der Waals surface area contributed by atoms with Gasteiger partial charge in [-0.25, -0.2) is 0 Å². The van der Waals surface area contributed by atoms with E-state index in [9.17, 15) is 0 Å². The van der Waals surface area contributed by atoms with Crippen molar-refractivity contribution >= 4 is 0 Å². The molecule has 1 aromatic rings. The standard InChI is InChI=1S/C9H13NO/c1-8-9(4-7-11-8)10-5-2-3-6-10/h2-3,5-6,8-9H,4,7H2,1H3. The fraction of sp³-hybridized carbons (Fsp3) is 0.556. The summed E-state index contributed by atoms with van der Waals surface area (Å²) in [6, 6.07) is 4.68. The van der Waals surface area contributed by atoms with Gasteiger partial charge >= 0.3 is 0 Å². The van der Waals surface area contributed by atoms with E-state index in [-0.39, 0.29) is 0 Å². The summed E-state index contributed by atoms with van der Waals surface area (Å²) in [5, 5.41) is 0. The Kier molecular flexibility index (Phi) is 1.70. The Balaban J connectivity index is 2.16. The minimum atomic E-state index is 0.377. The van der Waals surface area contributed by atoms with Crippen molar-refractivity contribution < 1.29 is 4.74 Å². The normalized spacial score (nSPS) is 31.0. The van der Waals surface area contributed by atoms with Crippen LogP contribution in [0.3, 0.4) is 0 Å². The number of hydrogen-bond donors (Lipinski definition) is 0. The molecule has 0 saturated carbocycles. The maximum Gasteiger partial charge on any atom is 0.0754 e. The maximum atomic E-state index is 5.47. The molecule has 2 atom stereocenters. The van der Waals surface area contributed by atoms with Crippen LogP contribution < -0.4 is 0 Å². The molecule has 2 heteroatoms. The summed E-state index contributed by atoms with van der Waals surface area (Å²) in [5.74, 6) is 0. The van der Waals surface area contributed by atoms with Crippen LogP contribution in [0.1, 0.15) is 19.4 Å². The van der Waals surface area contributed by atoms with Gasteiger partial charge in [-0.1, -0.05) is 0 Å². The van der Waals surface area contributed by atoms with Crippen molar-refractivity contribution in [2.24, 2.45) is 0 Å². The van der Waals surface area contributed by atoms with Crippen LogP contribution in [0.4, 0.5) is 0 Å². The van der Waals surface area contributed by atoms with Gasteiger partial charge in [0.15, 0.2) is 0 Å². The first kappa shape index (κ1) is 6.92. The Bertz CT molecular complexity index is 217. The molecule has 0 N–H and O–H groups in total. The molecule has 2 heterocycles. The van der Waals surface area contributed by atoms with Crippen molar-refractivity contribution in [3.63, 3.8) is 0 Å². The van der Waals surface area contributed by atoms with Gasteiger partial charge in [-0.15, -0.1) is 0 Å². The molecule has 0 aliphatic carbocycles. The van der Waals surface area contributed by atoms with Gasteiger partial charge in [-0.05, 0) is 25.5 Å². The van der Waals surface area contributed by atoms with Gasteiger partial charge in [0.2, 0.25) is 0 Å². The molecule has 1 saturated heterocycles. The molecule has 0 bridgehead atoms. The Hall–Kier alpha value is -0.760. The van der Waals surface area contributed by atoms with Crippen LogP contribution in [0.25, 0.3) is 0 Å². The second-order valence-electron chi connectivity index (χ2n) is 3.06. The van der Waals surface area contributed by atoms with E-state index in [2.05, 4.69) is 36.0 Å². The first-order valence-corrected chi connectivity index (χ1v) is 4.12. The third-order valence-corrected chi connectivity index (χ3v) is 2.35. The minimum absolute atomic E-state index is 0.377. The van der Waals surface area contributed by atoms with Crippen LogP contribution in [0.2, 0.25) is 0 Å². The summed E-state index contributed by atoms with van der Waals surface area (Å²) >= 11 is 0. The summed E-state index contributed by atoms with van der Waals surface area (Å²) in [4.78, 5) is 0. The molecular formula is C9H13NO. The van der Waals surface area contributed by atoms with Gasteiger partial charge in [-0.3, -0.25) is 0 Å². The van der Waals surface area contributed by atoms with E-state index in [0.717, 1.165) is 13.0 Å². The predicted molar refractivity (Wildman–Crippen MR) is 43.5 cm³/mol. The molecule has 1 fully saturated rings. The van der Waals surface area contributed by atoms with Crippen molar-refractivity contribution in [1.82, 2.24) is 4.57 Å². The molecule has 11 heavy (non-hydrogen) atoms. The summed E-state index contributed by atoms with van der Waals surface area (Å²) in [6.07, 6.45) is 5.74. The third-order valence-electron chi connectivity index (χ3n) is 2.35. The van der Waals surface area contributed by atoms with Crippen molar-refractivity contribution in [3.8, 4) is 0 Å². The molecule has 1 aliphatic rings. The third kappa shape index (κ3) is 1.18. The molecule has 1 aromatic heterocycles. The van der Waals surface area contributed by atoms with Crippen LogP contribution in [0.15, 0.2) is 24.5 Å². The van der Waals surface area contributed by atoms with Crippen LogP contribution in [-0.2, 0) is 4.74 Å². The minimum Gasteiger partial charge on any atom is -0.376 e. The van der Waals surface area contributed by atoms with E-state index in [4.69, 9.17) is 4.74 Å². The monoisotopic (exact) mass is 151 g/mol. The molecule has 1 aliphatic heterocycles.